The maximum absolute atomic E-state index is 9.70. The molecule has 0 saturated carbocycles. The Hall–Kier alpha value is -3.87. The Bertz CT molecular complexity index is 1260. The van der Waals surface area contributed by atoms with Crippen molar-refractivity contribution in [2.24, 2.45) is 0 Å². The molecule has 0 fully saturated rings. The molecule has 0 amide bonds. The average Bonchev–Trinajstić information content (AvgIpc) is 3.28. The van der Waals surface area contributed by atoms with Crippen LogP contribution in [0.1, 0.15) is 5.56 Å². The van der Waals surface area contributed by atoms with Gasteiger partial charge >= 0.3 is 0 Å². The third-order valence-electron chi connectivity index (χ3n) is 4.87. The fourth-order valence-electron chi connectivity index (χ4n) is 3.32. The Labute approximate surface area is 184 Å². The van der Waals surface area contributed by atoms with Crippen LogP contribution in [0.3, 0.4) is 0 Å². The number of anilines is 2. The van der Waals surface area contributed by atoms with E-state index in [2.05, 4.69) is 26.6 Å². The van der Waals surface area contributed by atoms with Crippen LogP contribution < -0.4 is 14.8 Å². The van der Waals surface area contributed by atoms with Crippen molar-refractivity contribution in [3.8, 4) is 17.6 Å². The number of hydrogen-bond donors (Lipinski definition) is 2. The molecule has 0 aliphatic rings. The number of nitrogens with one attached hydrogen (secondary N) is 2. The Morgan fingerprint density at radius 1 is 1.00 bits per heavy atom. The highest BCUT2D eigenvalue weighted by molar-refractivity contribution is 6.00. The number of fused-ring (bicyclic) bond motifs is 2. The summed E-state index contributed by atoms with van der Waals surface area (Å²) < 4.78 is 22.0. The van der Waals surface area contributed by atoms with Crippen LogP contribution >= 0.6 is 0 Å². The molecule has 0 unspecified atom stereocenters. The van der Waals surface area contributed by atoms with E-state index in [1.807, 2.05) is 30.3 Å². The van der Waals surface area contributed by atoms with Crippen molar-refractivity contribution in [2.45, 2.75) is 0 Å². The van der Waals surface area contributed by atoms with Gasteiger partial charge in [-0.2, -0.15) is 10.4 Å². The summed E-state index contributed by atoms with van der Waals surface area (Å²) in [6.45, 7) is 1.56. The van der Waals surface area contributed by atoms with Crippen LogP contribution in [0.4, 0.5) is 11.4 Å². The number of aromatic amines is 1. The molecule has 0 spiro atoms. The van der Waals surface area contributed by atoms with E-state index in [0.717, 1.165) is 22.0 Å². The molecule has 2 aromatic carbocycles. The second-order valence-corrected chi connectivity index (χ2v) is 6.93. The summed E-state index contributed by atoms with van der Waals surface area (Å²) in [5, 5.41) is 21.8. The third kappa shape index (κ3) is 4.42. The first-order valence-corrected chi connectivity index (χ1v) is 10.0. The number of methoxy groups -OCH3 is 2. The van der Waals surface area contributed by atoms with Gasteiger partial charge in [-0.15, -0.1) is 0 Å². The molecular weight excluding hydrogens is 410 g/mol. The minimum absolute atomic E-state index is 0.331. The van der Waals surface area contributed by atoms with Crippen molar-refractivity contribution in [3.05, 3.63) is 48.3 Å². The first-order valence-electron chi connectivity index (χ1n) is 10.0. The topological polar surface area (TPSA) is 114 Å². The lowest BCUT2D eigenvalue weighted by Crippen LogP contribution is -2.09. The van der Waals surface area contributed by atoms with E-state index >= 15 is 0 Å². The van der Waals surface area contributed by atoms with Gasteiger partial charge in [0, 0.05) is 36.9 Å². The van der Waals surface area contributed by atoms with Gasteiger partial charge in [0.05, 0.1) is 36.2 Å². The van der Waals surface area contributed by atoms with Gasteiger partial charge in [-0.05, 0) is 30.3 Å². The highest BCUT2D eigenvalue weighted by atomic mass is 16.5. The van der Waals surface area contributed by atoms with Gasteiger partial charge in [-0.1, -0.05) is 0 Å². The lowest BCUT2D eigenvalue weighted by atomic mass is 10.1. The minimum atomic E-state index is 0.331. The number of nitrogens with zero attached hydrogens (tertiary/aromatic N) is 3. The Morgan fingerprint density at radius 2 is 1.81 bits per heavy atom. The van der Waals surface area contributed by atoms with Crippen molar-refractivity contribution in [3.63, 3.8) is 0 Å². The fraction of sp³-hybridized carbons (Fsp3) is 0.261. The van der Waals surface area contributed by atoms with E-state index in [4.69, 9.17) is 18.9 Å². The van der Waals surface area contributed by atoms with Crippen LogP contribution in [0, 0.1) is 11.3 Å². The second kappa shape index (κ2) is 9.96. The molecule has 0 aliphatic heterocycles. The maximum atomic E-state index is 9.70. The summed E-state index contributed by atoms with van der Waals surface area (Å²) >= 11 is 0. The monoisotopic (exact) mass is 433 g/mol. The van der Waals surface area contributed by atoms with Crippen molar-refractivity contribution in [1.29, 1.82) is 5.26 Å². The summed E-state index contributed by atoms with van der Waals surface area (Å²) in [7, 11) is 3.22. The zero-order chi connectivity index (χ0) is 22.3. The van der Waals surface area contributed by atoms with Gasteiger partial charge in [0.2, 0.25) is 0 Å². The number of nitriles is 1. The standard InChI is InChI=1S/C23H23N5O4/c1-29-7-9-31-20-6-5-18-21(27-17-4-3-15-14-26-28-19(15)11-17)16(12-24)13-25-22(18)23(20)32-10-8-30-2/h3-6,11,13-14H,7-10H2,1-2H3,(H,25,27)(H,26,28). The molecule has 9 heteroatoms. The van der Waals surface area contributed by atoms with Crippen molar-refractivity contribution in [2.75, 3.05) is 46.0 Å². The predicted octanol–water partition coefficient (Wildman–Crippen LogP) is 3.78. The fourth-order valence-corrected chi connectivity index (χ4v) is 3.32. The summed E-state index contributed by atoms with van der Waals surface area (Å²) in [5.41, 5.74) is 3.34. The van der Waals surface area contributed by atoms with Crippen LogP contribution in [0.15, 0.2) is 42.7 Å². The van der Waals surface area contributed by atoms with Gasteiger partial charge in [0.1, 0.15) is 24.8 Å². The molecule has 0 saturated heterocycles. The van der Waals surface area contributed by atoms with Gasteiger partial charge in [-0.3, -0.25) is 10.1 Å². The largest absolute Gasteiger partial charge is 0.487 e. The number of hydrogen-bond acceptors (Lipinski definition) is 8. The number of rotatable bonds is 10. The summed E-state index contributed by atoms with van der Waals surface area (Å²) in [6.07, 6.45) is 3.29. The van der Waals surface area contributed by atoms with Gasteiger partial charge < -0.3 is 24.3 Å². The SMILES string of the molecule is COCCOc1ccc2c(Nc3ccc4cn[nH]c4c3)c(C#N)cnc2c1OCCOC. The molecule has 0 radical (unpaired) electrons. The number of ether oxygens (including phenoxy) is 4. The molecular formula is C23H23N5O4. The minimum Gasteiger partial charge on any atom is -0.487 e. The molecule has 164 valence electrons. The Kier molecular flexibility index (Phi) is 6.65. The van der Waals surface area contributed by atoms with Crippen LogP contribution in [0.25, 0.3) is 21.8 Å². The molecule has 4 rings (SSSR count). The number of benzene rings is 2. The average molecular weight is 433 g/mol. The number of H-pyrrole nitrogens is 1. The smallest absolute Gasteiger partial charge is 0.187 e. The molecule has 32 heavy (non-hydrogen) atoms. The normalized spacial score (nSPS) is 10.9. The molecule has 4 aromatic rings. The van der Waals surface area contributed by atoms with Crippen LogP contribution in [-0.2, 0) is 9.47 Å². The first kappa shape index (κ1) is 21.4. The number of aromatic nitrogens is 3. The van der Waals surface area contributed by atoms with Gasteiger partial charge in [0.25, 0.3) is 0 Å². The molecule has 9 nitrogen and oxygen atoms in total. The van der Waals surface area contributed by atoms with Crippen LogP contribution in [0.5, 0.6) is 11.5 Å². The maximum Gasteiger partial charge on any atom is 0.187 e. The summed E-state index contributed by atoms with van der Waals surface area (Å²) in [6, 6.07) is 11.7. The van der Waals surface area contributed by atoms with Crippen LogP contribution in [0.2, 0.25) is 0 Å². The quantitative estimate of drug-likeness (QED) is 0.363. The second-order valence-electron chi connectivity index (χ2n) is 6.93. The van der Waals surface area contributed by atoms with Crippen molar-refractivity contribution < 1.29 is 18.9 Å². The Balaban J connectivity index is 1.78. The lowest BCUT2D eigenvalue weighted by molar-refractivity contribution is 0.133. The summed E-state index contributed by atoms with van der Waals surface area (Å²) in [5.74, 6) is 1.04. The van der Waals surface area contributed by atoms with E-state index in [-0.39, 0.29) is 0 Å². The molecule has 0 atom stereocenters. The highest BCUT2D eigenvalue weighted by Crippen LogP contribution is 2.39. The zero-order valence-electron chi connectivity index (χ0n) is 17.8. The number of pyridine rings is 1. The van der Waals surface area contributed by atoms with Crippen molar-refractivity contribution in [1.82, 2.24) is 15.2 Å². The van der Waals surface area contributed by atoms with Gasteiger partial charge in [-0.25, -0.2) is 0 Å². The van der Waals surface area contributed by atoms with Crippen molar-refractivity contribution >= 4 is 33.2 Å². The molecule has 0 aliphatic carbocycles. The summed E-state index contributed by atoms with van der Waals surface area (Å²) in [4.78, 5) is 4.51. The molecule has 2 heterocycles. The van der Waals surface area contributed by atoms with Gasteiger partial charge in [0.15, 0.2) is 11.5 Å². The van der Waals surface area contributed by atoms with Crippen LogP contribution in [-0.4, -0.2) is 55.8 Å². The lowest BCUT2D eigenvalue weighted by Gasteiger charge is -2.17. The third-order valence-corrected chi connectivity index (χ3v) is 4.87. The van der Waals surface area contributed by atoms with E-state index in [9.17, 15) is 5.26 Å². The predicted molar refractivity (Wildman–Crippen MR) is 121 cm³/mol. The van der Waals surface area contributed by atoms with E-state index < -0.39 is 0 Å². The highest BCUT2D eigenvalue weighted by Gasteiger charge is 2.17. The molecule has 2 aromatic heterocycles. The van der Waals surface area contributed by atoms with E-state index in [1.165, 1.54) is 6.20 Å². The van der Waals surface area contributed by atoms with E-state index in [1.54, 1.807) is 20.4 Å². The Morgan fingerprint density at radius 3 is 2.59 bits per heavy atom. The van der Waals surface area contributed by atoms with E-state index in [0.29, 0.717) is 54.7 Å². The molecule has 2 N–H and O–H groups in total. The zero-order valence-corrected chi connectivity index (χ0v) is 17.8. The first-order chi connectivity index (χ1) is 15.7. The molecule has 0 bridgehead atoms.